The molecular weight excluding hydrogens is 595 g/mol. The predicted octanol–water partition coefficient (Wildman–Crippen LogP) is 11.6. The fourth-order valence-electron chi connectivity index (χ4n) is 7.62. The minimum absolute atomic E-state index is 0.114. The Bertz CT molecular complexity index is 2630. The van der Waals surface area contributed by atoms with Gasteiger partial charge in [0, 0.05) is 22.1 Å². The maximum atomic E-state index is 9.38. The average Bonchev–Trinajstić information content (AvgIpc) is 3.39. The molecule has 0 radical (unpaired) electrons. The number of aromatic nitrogens is 2. The lowest BCUT2D eigenvalue weighted by Gasteiger charge is -2.22. The largest absolute Gasteiger partial charge is 0.228 e. The summed E-state index contributed by atoms with van der Waals surface area (Å²) < 4.78 is 0. The molecule has 8 aromatic rings. The van der Waals surface area contributed by atoms with Crippen molar-refractivity contribution in [1.82, 2.24) is 9.97 Å². The van der Waals surface area contributed by atoms with E-state index in [1.807, 2.05) is 54.6 Å². The summed E-state index contributed by atoms with van der Waals surface area (Å²) in [4.78, 5) is 10.2. The van der Waals surface area contributed by atoms with Crippen molar-refractivity contribution in [2.75, 3.05) is 0 Å². The van der Waals surface area contributed by atoms with Crippen LogP contribution in [0.3, 0.4) is 0 Å². The first-order valence-electron chi connectivity index (χ1n) is 16.6. The monoisotopic (exact) mass is 625 g/mol. The van der Waals surface area contributed by atoms with Crippen LogP contribution >= 0.6 is 0 Å². The van der Waals surface area contributed by atoms with E-state index >= 15 is 0 Å². The lowest BCUT2D eigenvalue weighted by atomic mass is 9.81. The van der Waals surface area contributed by atoms with Gasteiger partial charge >= 0.3 is 0 Å². The van der Waals surface area contributed by atoms with Crippen LogP contribution in [-0.4, -0.2) is 9.97 Å². The third-order valence-corrected chi connectivity index (χ3v) is 10.1. The van der Waals surface area contributed by atoms with Gasteiger partial charge < -0.3 is 0 Å². The van der Waals surface area contributed by atoms with E-state index in [4.69, 9.17) is 9.97 Å². The van der Waals surface area contributed by atoms with Crippen LogP contribution in [0.5, 0.6) is 0 Å². The van der Waals surface area contributed by atoms with Crippen LogP contribution in [0.15, 0.2) is 152 Å². The molecule has 1 aromatic heterocycles. The van der Waals surface area contributed by atoms with Crippen molar-refractivity contribution < 1.29 is 0 Å². The third kappa shape index (κ3) is 4.65. The molecule has 1 aliphatic rings. The molecule has 1 heterocycles. The van der Waals surface area contributed by atoms with Crippen LogP contribution in [0.4, 0.5) is 0 Å². The van der Waals surface area contributed by atoms with Gasteiger partial charge in [0.25, 0.3) is 0 Å². The Kier molecular flexibility index (Phi) is 6.54. The standard InChI is InChI=1S/C46H31N3/c1-46(2)40-18-10-17-38(44(40)39-25-32-13-6-7-14-33(32)26-41(39)46)36-23-24-37(35-16-9-8-15-34(35)36)43-27-42(30-21-19-29(28-47)20-22-30)48-45(49-43)31-11-4-3-5-12-31/h3-27H,1-2H3. The van der Waals surface area contributed by atoms with Crippen molar-refractivity contribution in [3.05, 3.63) is 168 Å². The predicted molar refractivity (Wildman–Crippen MR) is 201 cm³/mol. The second-order valence-corrected chi connectivity index (χ2v) is 13.3. The molecule has 0 N–H and O–H groups in total. The first-order valence-corrected chi connectivity index (χ1v) is 16.6. The summed E-state index contributed by atoms with van der Waals surface area (Å²) in [6.45, 7) is 4.70. The van der Waals surface area contributed by atoms with Gasteiger partial charge in [-0.25, -0.2) is 9.97 Å². The van der Waals surface area contributed by atoms with E-state index in [9.17, 15) is 5.26 Å². The summed E-state index contributed by atoms with van der Waals surface area (Å²) >= 11 is 0. The molecule has 3 nitrogen and oxygen atoms in total. The molecule has 0 atom stereocenters. The zero-order valence-corrected chi connectivity index (χ0v) is 27.3. The minimum atomic E-state index is -0.114. The second kappa shape index (κ2) is 11.1. The van der Waals surface area contributed by atoms with Crippen molar-refractivity contribution >= 4 is 21.5 Å². The molecule has 3 heteroatoms. The van der Waals surface area contributed by atoms with Crippen LogP contribution in [0, 0.1) is 11.3 Å². The Morgan fingerprint density at radius 3 is 1.90 bits per heavy atom. The molecule has 0 spiro atoms. The summed E-state index contributed by atoms with van der Waals surface area (Å²) in [5.41, 5.74) is 12.9. The molecule has 0 unspecified atom stereocenters. The van der Waals surface area contributed by atoms with Gasteiger partial charge in [-0.1, -0.05) is 135 Å². The SMILES string of the molecule is CC1(C)c2cc3ccccc3cc2-c2c(-c3ccc(-c4cc(-c5ccc(C#N)cc5)nc(-c5ccccc5)n4)c4ccccc34)cccc21. The number of benzene rings is 7. The molecule has 0 aliphatic heterocycles. The maximum absolute atomic E-state index is 9.38. The maximum Gasteiger partial charge on any atom is 0.160 e. The fraction of sp³-hybridized carbons (Fsp3) is 0.0652. The van der Waals surface area contributed by atoms with Crippen molar-refractivity contribution in [3.8, 4) is 62.2 Å². The van der Waals surface area contributed by atoms with Crippen LogP contribution in [0.25, 0.3) is 77.7 Å². The number of nitrogens with zero attached hydrogens (tertiary/aromatic N) is 3. The fourth-order valence-corrected chi connectivity index (χ4v) is 7.62. The normalized spacial score (nSPS) is 12.8. The van der Waals surface area contributed by atoms with Crippen LogP contribution in [0.1, 0.15) is 30.5 Å². The molecule has 0 saturated heterocycles. The van der Waals surface area contributed by atoms with Crippen molar-refractivity contribution in [1.29, 1.82) is 5.26 Å². The Morgan fingerprint density at radius 1 is 0.490 bits per heavy atom. The number of fused-ring (bicyclic) bond motifs is 5. The quantitative estimate of drug-likeness (QED) is 0.195. The lowest BCUT2D eigenvalue weighted by molar-refractivity contribution is 0.661. The van der Waals surface area contributed by atoms with Gasteiger partial charge in [0.1, 0.15) is 0 Å². The first kappa shape index (κ1) is 28.8. The molecule has 0 amide bonds. The number of hydrogen-bond acceptors (Lipinski definition) is 3. The van der Waals surface area contributed by atoms with Crippen LogP contribution in [-0.2, 0) is 5.41 Å². The topological polar surface area (TPSA) is 49.6 Å². The van der Waals surface area contributed by atoms with E-state index in [2.05, 4.69) is 117 Å². The van der Waals surface area contributed by atoms with Crippen LogP contribution < -0.4 is 0 Å². The highest BCUT2D eigenvalue weighted by atomic mass is 14.9. The highest BCUT2D eigenvalue weighted by Gasteiger charge is 2.37. The smallest absolute Gasteiger partial charge is 0.160 e. The lowest BCUT2D eigenvalue weighted by Crippen LogP contribution is -2.14. The second-order valence-electron chi connectivity index (χ2n) is 13.3. The summed E-state index contributed by atoms with van der Waals surface area (Å²) in [6.07, 6.45) is 0. The average molecular weight is 626 g/mol. The molecule has 0 saturated carbocycles. The Labute approximate surface area is 285 Å². The van der Waals surface area contributed by atoms with Gasteiger partial charge in [-0.3, -0.25) is 0 Å². The number of hydrogen-bond donors (Lipinski definition) is 0. The third-order valence-electron chi connectivity index (χ3n) is 10.1. The molecule has 1 aliphatic carbocycles. The van der Waals surface area contributed by atoms with Crippen molar-refractivity contribution in [2.45, 2.75) is 19.3 Å². The van der Waals surface area contributed by atoms with E-state index < -0.39 is 0 Å². The Balaban J connectivity index is 1.26. The molecule has 9 rings (SSSR count). The van der Waals surface area contributed by atoms with Crippen molar-refractivity contribution in [2.24, 2.45) is 0 Å². The summed E-state index contributed by atoms with van der Waals surface area (Å²) in [7, 11) is 0. The van der Waals surface area contributed by atoms with E-state index in [1.165, 1.54) is 49.5 Å². The van der Waals surface area contributed by atoms with E-state index in [1.54, 1.807) is 0 Å². The highest BCUT2D eigenvalue weighted by molar-refractivity contribution is 6.08. The molecular formula is C46H31N3. The molecule has 230 valence electrons. The molecule has 7 aromatic carbocycles. The minimum Gasteiger partial charge on any atom is -0.228 e. The van der Waals surface area contributed by atoms with E-state index in [0.717, 1.165) is 33.5 Å². The zero-order valence-electron chi connectivity index (χ0n) is 27.3. The highest BCUT2D eigenvalue weighted by Crippen LogP contribution is 2.54. The van der Waals surface area contributed by atoms with Gasteiger partial charge in [-0.2, -0.15) is 5.26 Å². The van der Waals surface area contributed by atoms with E-state index in [-0.39, 0.29) is 5.41 Å². The molecule has 49 heavy (non-hydrogen) atoms. The number of rotatable bonds is 4. The summed E-state index contributed by atoms with van der Waals surface area (Å²) in [5, 5.41) is 14.2. The van der Waals surface area contributed by atoms with Gasteiger partial charge in [0.2, 0.25) is 0 Å². The summed E-state index contributed by atoms with van der Waals surface area (Å²) in [5.74, 6) is 0.664. The molecule has 0 bridgehead atoms. The Morgan fingerprint density at radius 2 is 1.14 bits per heavy atom. The van der Waals surface area contributed by atoms with Crippen LogP contribution in [0.2, 0.25) is 0 Å². The van der Waals surface area contributed by atoms with Gasteiger partial charge in [0.15, 0.2) is 5.82 Å². The van der Waals surface area contributed by atoms with Gasteiger partial charge in [-0.05, 0) is 85.3 Å². The van der Waals surface area contributed by atoms with Gasteiger partial charge in [-0.15, -0.1) is 0 Å². The first-order chi connectivity index (χ1) is 24.0. The van der Waals surface area contributed by atoms with E-state index in [0.29, 0.717) is 11.4 Å². The zero-order chi connectivity index (χ0) is 33.1. The molecule has 0 fully saturated rings. The summed E-state index contributed by atoms with van der Waals surface area (Å²) in [6, 6.07) is 55.4. The number of nitriles is 1. The Hall–Kier alpha value is -6.37. The van der Waals surface area contributed by atoms with Crippen molar-refractivity contribution in [3.63, 3.8) is 0 Å². The van der Waals surface area contributed by atoms with Gasteiger partial charge in [0.05, 0.1) is 23.0 Å².